The number of hydrogen-bond acceptors (Lipinski definition) is 1. The van der Waals surface area contributed by atoms with Crippen LogP contribution in [-0.4, -0.2) is 17.2 Å². The minimum absolute atomic E-state index is 0.216. The lowest BCUT2D eigenvalue weighted by Gasteiger charge is -2.07. The van der Waals surface area contributed by atoms with Crippen LogP contribution in [0.2, 0.25) is 0 Å². The zero-order valence-corrected chi connectivity index (χ0v) is 11.1. The van der Waals surface area contributed by atoms with Crippen molar-refractivity contribution in [3.63, 3.8) is 0 Å². The molecule has 1 atom stereocenters. The Morgan fingerprint density at radius 2 is 1.53 bits per heavy atom. The lowest BCUT2D eigenvalue weighted by molar-refractivity contribution is -0.137. The van der Waals surface area contributed by atoms with Crippen molar-refractivity contribution in [1.82, 2.24) is 0 Å². The van der Waals surface area contributed by atoms with E-state index < -0.39 is 12.1 Å². The highest BCUT2D eigenvalue weighted by Gasteiger charge is 2.06. The Labute approximate surface area is 105 Å². The summed E-state index contributed by atoms with van der Waals surface area (Å²) in [5, 5.41) is 8.43. The first-order chi connectivity index (χ1) is 8.16. The maximum Gasteiger partial charge on any atom is 0.303 e. The van der Waals surface area contributed by atoms with Gasteiger partial charge in [0, 0.05) is 6.42 Å². The van der Waals surface area contributed by atoms with E-state index in [9.17, 15) is 9.18 Å². The molecule has 0 aliphatic rings. The van der Waals surface area contributed by atoms with Crippen LogP contribution in [0.4, 0.5) is 4.39 Å². The fourth-order valence-corrected chi connectivity index (χ4v) is 1.93. The summed E-state index contributed by atoms with van der Waals surface area (Å²) < 4.78 is 13.4. The molecule has 0 spiro atoms. The number of carboxylic acid groups (broad SMARTS) is 1. The van der Waals surface area contributed by atoms with Gasteiger partial charge in [0.1, 0.15) is 6.17 Å². The SMILES string of the molecule is CCCCCCCC(F)CCCCCC(=O)O. The molecular formula is C14H27FO2. The highest BCUT2D eigenvalue weighted by Crippen LogP contribution is 2.15. The van der Waals surface area contributed by atoms with Gasteiger partial charge in [-0.25, -0.2) is 4.39 Å². The summed E-state index contributed by atoms with van der Waals surface area (Å²) >= 11 is 0. The van der Waals surface area contributed by atoms with E-state index in [0.717, 1.165) is 25.7 Å². The third kappa shape index (κ3) is 13.3. The molecule has 17 heavy (non-hydrogen) atoms. The summed E-state index contributed by atoms with van der Waals surface area (Å²) in [5.41, 5.74) is 0. The van der Waals surface area contributed by atoms with E-state index in [0.29, 0.717) is 19.3 Å². The Hall–Kier alpha value is -0.600. The molecule has 0 aliphatic carbocycles. The topological polar surface area (TPSA) is 37.3 Å². The Morgan fingerprint density at radius 3 is 2.06 bits per heavy atom. The first-order valence-corrected chi connectivity index (χ1v) is 7.02. The van der Waals surface area contributed by atoms with Crippen LogP contribution in [0.1, 0.15) is 77.6 Å². The van der Waals surface area contributed by atoms with Crippen molar-refractivity contribution in [2.75, 3.05) is 0 Å². The number of hydrogen-bond donors (Lipinski definition) is 1. The molecule has 0 fully saturated rings. The van der Waals surface area contributed by atoms with Gasteiger partial charge in [-0.15, -0.1) is 0 Å². The number of unbranched alkanes of at least 4 members (excludes halogenated alkanes) is 6. The lowest BCUT2D eigenvalue weighted by Crippen LogP contribution is -2.00. The number of alkyl halides is 1. The van der Waals surface area contributed by atoms with Crippen LogP contribution in [0.25, 0.3) is 0 Å². The molecule has 2 nitrogen and oxygen atoms in total. The maximum absolute atomic E-state index is 13.4. The van der Waals surface area contributed by atoms with Crippen molar-refractivity contribution in [2.24, 2.45) is 0 Å². The van der Waals surface area contributed by atoms with Crippen LogP contribution in [-0.2, 0) is 4.79 Å². The zero-order chi connectivity index (χ0) is 12.9. The van der Waals surface area contributed by atoms with Gasteiger partial charge in [0.25, 0.3) is 0 Å². The number of halogens is 1. The monoisotopic (exact) mass is 246 g/mol. The molecule has 0 rings (SSSR count). The molecule has 3 heteroatoms. The summed E-state index contributed by atoms with van der Waals surface area (Å²) in [6.45, 7) is 2.18. The van der Waals surface area contributed by atoms with Crippen molar-refractivity contribution < 1.29 is 14.3 Å². The molecular weight excluding hydrogens is 219 g/mol. The summed E-state index contributed by atoms with van der Waals surface area (Å²) in [6, 6.07) is 0. The molecule has 0 saturated heterocycles. The minimum atomic E-state index is -0.752. The number of aliphatic carboxylic acids is 1. The first-order valence-electron chi connectivity index (χ1n) is 7.02. The second kappa shape index (κ2) is 11.9. The van der Waals surface area contributed by atoms with Crippen molar-refractivity contribution in [3.8, 4) is 0 Å². The van der Waals surface area contributed by atoms with Gasteiger partial charge in [-0.3, -0.25) is 4.79 Å². The Bertz CT molecular complexity index is 183. The Balaban J connectivity index is 3.17. The van der Waals surface area contributed by atoms with Crippen molar-refractivity contribution in [3.05, 3.63) is 0 Å². The number of carboxylic acids is 1. The second-order valence-electron chi connectivity index (χ2n) is 4.79. The molecule has 0 bridgehead atoms. The minimum Gasteiger partial charge on any atom is -0.481 e. The van der Waals surface area contributed by atoms with E-state index in [1.807, 2.05) is 0 Å². The largest absolute Gasteiger partial charge is 0.481 e. The zero-order valence-electron chi connectivity index (χ0n) is 11.1. The molecule has 0 aromatic rings. The van der Waals surface area contributed by atoms with E-state index in [-0.39, 0.29) is 6.42 Å². The van der Waals surface area contributed by atoms with Gasteiger partial charge >= 0.3 is 5.97 Å². The molecule has 0 aromatic heterocycles. The van der Waals surface area contributed by atoms with Crippen LogP contribution in [0.3, 0.4) is 0 Å². The molecule has 0 saturated carbocycles. The second-order valence-corrected chi connectivity index (χ2v) is 4.79. The van der Waals surface area contributed by atoms with E-state index in [2.05, 4.69) is 6.92 Å². The van der Waals surface area contributed by atoms with Gasteiger partial charge in [0.15, 0.2) is 0 Å². The molecule has 102 valence electrons. The third-order valence-corrected chi connectivity index (χ3v) is 3.03. The summed E-state index contributed by atoms with van der Waals surface area (Å²) in [7, 11) is 0. The number of rotatable bonds is 12. The first kappa shape index (κ1) is 16.4. The summed E-state index contributed by atoms with van der Waals surface area (Å²) in [6.07, 6.45) is 9.01. The highest BCUT2D eigenvalue weighted by molar-refractivity contribution is 5.66. The van der Waals surface area contributed by atoms with Crippen molar-refractivity contribution >= 4 is 5.97 Å². The maximum atomic E-state index is 13.4. The molecule has 0 heterocycles. The normalized spacial score (nSPS) is 12.6. The fourth-order valence-electron chi connectivity index (χ4n) is 1.93. The quantitative estimate of drug-likeness (QED) is 0.506. The molecule has 0 aromatic carbocycles. The van der Waals surface area contributed by atoms with Gasteiger partial charge in [-0.2, -0.15) is 0 Å². The number of carbonyl (C=O) groups is 1. The predicted octanol–water partition coefficient (Wildman–Crippen LogP) is 4.72. The molecule has 1 unspecified atom stereocenters. The van der Waals surface area contributed by atoms with Gasteiger partial charge < -0.3 is 5.11 Å². The highest BCUT2D eigenvalue weighted by atomic mass is 19.1. The van der Waals surface area contributed by atoms with Crippen LogP contribution < -0.4 is 0 Å². The summed E-state index contributed by atoms with van der Waals surface area (Å²) in [5.74, 6) is -0.752. The van der Waals surface area contributed by atoms with Crippen molar-refractivity contribution in [1.29, 1.82) is 0 Å². The smallest absolute Gasteiger partial charge is 0.303 e. The average molecular weight is 246 g/mol. The van der Waals surface area contributed by atoms with Crippen molar-refractivity contribution in [2.45, 2.75) is 83.7 Å². The lowest BCUT2D eigenvalue weighted by atomic mass is 10.0. The van der Waals surface area contributed by atoms with Gasteiger partial charge in [-0.1, -0.05) is 51.9 Å². The Morgan fingerprint density at radius 1 is 1.00 bits per heavy atom. The third-order valence-electron chi connectivity index (χ3n) is 3.03. The summed E-state index contributed by atoms with van der Waals surface area (Å²) in [4.78, 5) is 10.2. The van der Waals surface area contributed by atoms with E-state index >= 15 is 0 Å². The van der Waals surface area contributed by atoms with Gasteiger partial charge in [0.2, 0.25) is 0 Å². The Kier molecular flexibility index (Phi) is 11.5. The molecule has 1 N–H and O–H groups in total. The van der Waals surface area contributed by atoms with Crippen LogP contribution in [0.5, 0.6) is 0 Å². The van der Waals surface area contributed by atoms with Gasteiger partial charge in [0.05, 0.1) is 0 Å². The average Bonchev–Trinajstić information content (AvgIpc) is 2.28. The fraction of sp³-hybridized carbons (Fsp3) is 0.929. The predicted molar refractivity (Wildman–Crippen MR) is 69.0 cm³/mol. The van der Waals surface area contributed by atoms with E-state index in [4.69, 9.17) is 5.11 Å². The van der Waals surface area contributed by atoms with Gasteiger partial charge in [-0.05, 0) is 19.3 Å². The molecule has 0 radical (unpaired) electrons. The van der Waals surface area contributed by atoms with Crippen LogP contribution >= 0.6 is 0 Å². The standard InChI is InChI=1S/C14H27FO2/c1-2-3-4-5-7-10-13(15)11-8-6-9-12-14(16)17/h13H,2-12H2,1H3,(H,16,17). The van der Waals surface area contributed by atoms with Crippen LogP contribution in [0.15, 0.2) is 0 Å². The molecule has 0 aliphatic heterocycles. The molecule has 0 amide bonds. The van der Waals surface area contributed by atoms with E-state index in [1.165, 1.54) is 19.3 Å². The van der Waals surface area contributed by atoms with Crippen LogP contribution in [0, 0.1) is 0 Å². The van der Waals surface area contributed by atoms with E-state index in [1.54, 1.807) is 0 Å².